The van der Waals surface area contributed by atoms with Crippen molar-refractivity contribution in [1.82, 2.24) is 9.55 Å². The van der Waals surface area contributed by atoms with Crippen molar-refractivity contribution >= 4 is 5.82 Å². The average molecular weight is 249 g/mol. The maximum absolute atomic E-state index is 12.7. The van der Waals surface area contributed by atoms with Crippen LogP contribution in [0.15, 0.2) is 35.3 Å². The van der Waals surface area contributed by atoms with Crippen LogP contribution in [-0.2, 0) is 0 Å². The molecule has 2 rings (SSSR count). The number of benzene rings is 1. The number of nitrogens with zero attached hydrogens (tertiary/aromatic N) is 2. The molecule has 0 fully saturated rings. The second kappa shape index (κ2) is 5.95. The normalized spacial score (nSPS) is 9.56. The number of anilines is 1. The number of hydrogen-bond acceptors (Lipinski definition) is 3. The number of hydrogen-bond donors (Lipinski definition) is 1. The molecule has 18 heavy (non-hydrogen) atoms. The molecule has 0 bridgehead atoms. The Labute approximate surface area is 105 Å². The fraction of sp³-hybridized carbons (Fsp3) is 0.231. The van der Waals surface area contributed by atoms with Crippen LogP contribution in [0.1, 0.15) is 19.4 Å². The minimum Gasteiger partial charge on any atom is -0.383 e. The molecular weight excluding hydrogens is 233 g/mol. The Morgan fingerprint density at radius 2 is 1.78 bits per heavy atom. The third-order valence-corrected chi connectivity index (χ3v) is 2.25. The molecule has 0 radical (unpaired) electrons. The number of halogens is 1. The van der Waals surface area contributed by atoms with E-state index >= 15 is 0 Å². The molecule has 1 aromatic heterocycles. The van der Waals surface area contributed by atoms with Crippen molar-refractivity contribution in [2.75, 3.05) is 5.73 Å². The van der Waals surface area contributed by atoms with Crippen LogP contribution >= 0.6 is 0 Å². The Morgan fingerprint density at radius 3 is 2.33 bits per heavy atom. The smallest absolute Gasteiger partial charge is 0.354 e. The van der Waals surface area contributed by atoms with Crippen molar-refractivity contribution in [2.45, 2.75) is 20.8 Å². The molecule has 1 heterocycles. The topological polar surface area (TPSA) is 60.9 Å². The summed E-state index contributed by atoms with van der Waals surface area (Å²) >= 11 is 0. The van der Waals surface area contributed by atoms with E-state index in [1.807, 2.05) is 13.8 Å². The first-order chi connectivity index (χ1) is 8.58. The first kappa shape index (κ1) is 13.9. The highest BCUT2D eigenvalue weighted by atomic mass is 19.1. The quantitative estimate of drug-likeness (QED) is 0.843. The van der Waals surface area contributed by atoms with E-state index in [4.69, 9.17) is 5.73 Å². The van der Waals surface area contributed by atoms with Crippen LogP contribution in [0, 0.1) is 12.7 Å². The van der Waals surface area contributed by atoms with E-state index in [-0.39, 0.29) is 11.6 Å². The zero-order valence-corrected chi connectivity index (χ0v) is 10.6. The monoisotopic (exact) mass is 249 g/mol. The Morgan fingerprint density at radius 1 is 1.22 bits per heavy atom. The van der Waals surface area contributed by atoms with Crippen molar-refractivity contribution in [1.29, 1.82) is 0 Å². The van der Waals surface area contributed by atoms with E-state index in [9.17, 15) is 9.18 Å². The van der Waals surface area contributed by atoms with Gasteiger partial charge in [-0.2, -0.15) is 4.98 Å². The maximum Gasteiger partial charge on any atom is 0.354 e. The predicted molar refractivity (Wildman–Crippen MR) is 70.3 cm³/mol. The Bertz CT molecular complexity index is 576. The van der Waals surface area contributed by atoms with Crippen LogP contribution in [0.3, 0.4) is 0 Å². The molecule has 0 aliphatic rings. The summed E-state index contributed by atoms with van der Waals surface area (Å²) in [7, 11) is 0. The van der Waals surface area contributed by atoms with Gasteiger partial charge >= 0.3 is 5.69 Å². The molecule has 0 aliphatic heterocycles. The molecule has 0 amide bonds. The lowest BCUT2D eigenvalue weighted by Gasteiger charge is -2.06. The highest BCUT2D eigenvalue weighted by Gasteiger charge is 2.04. The largest absolute Gasteiger partial charge is 0.383 e. The summed E-state index contributed by atoms with van der Waals surface area (Å²) in [5.41, 5.74) is 6.29. The molecule has 0 atom stereocenters. The third kappa shape index (κ3) is 2.94. The van der Waals surface area contributed by atoms with Gasteiger partial charge in [0, 0.05) is 11.8 Å². The Kier molecular flexibility index (Phi) is 4.59. The van der Waals surface area contributed by atoms with Crippen LogP contribution in [0.2, 0.25) is 0 Å². The highest BCUT2D eigenvalue weighted by Crippen LogP contribution is 2.09. The second-order valence-corrected chi connectivity index (χ2v) is 3.44. The summed E-state index contributed by atoms with van der Waals surface area (Å²) in [6.07, 6.45) is 1.58. The number of rotatable bonds is 1. The summed E-state index contributed by atoms with van der Waals surface area (Å²) in [4.78, 5) is 15.2. The van der Waals surface area contributed by atoms with Gasteiger partial charge < -0.3 is 5.73 Å². The average Bonchev–Trinajstić information content (AvgIpc) is 2.37. The van der Waals surface area contributed by atoms with Gasteiger partial charge in [-0.15, -0.1) is 0 Å². The van der Waals surface area contributed by atoms with Gasteiger partial charge in [0.2, 0.25) is 0 Å². The summed E-state index contributed by atoms with van der Waals surface area (Å²) in [6.45, 7) is 5.75. The first-order valence-electron chi connectivity index (χ1n) is 5.69. The molecule has 1 aromatic carbocycles. The summed E-state index contributed by atoms with van der Waals surface area (Å²) in [6, 6.07) is 5.59. The zero-order chi connectivity index (χ0) is 13.7. The molecule has 0 unspecified atom stereocenters. The van der Waals surface area contributed by atoms with Gasteiger partial charge in [0.15, 0.2) is 0 Å². The molecule has 0 spiro atoms. The second-order valence-electron chi connectivity index (χ2n) is 3.44. The van der Waals surface area contributed by atoms with Gasteiger partial charge in [0.1, 0.15) is 11.6 Å². The molecular formula is C13H16FN3O. The minimum atomic E-state index is -0.477. The number of nitrogens with two attached hydrogens (primary N) is 1. The summed E-state index contributed by atoms with van der Waals surface area (Å²) < 4.78 is 14.0. The van der Waals surface area contributed by atoms with Crippen LogP contribution in [0.4, 0.5) is 10.2 Å². The number of aromatic nitrogens is 2. The van der Waals surface area contributed by atoms with E-state index in [2.05, 4.69) is 4.98 Å². The number of aryl methyl sites for hydroxylation is 1. The lowest BCUT2D eigenvalue weighted by atomic mass is 10.3. The molecule has 0 saturated heterocycles. The van der Waals surface area contributed by atoms with Crippen molar-refractivity contribution in [3.05, 3.63) is 52.3 Å². The van der Waals surface area contributed by atoms with Crippen LogP contribution < -0.4 is 11.4 Å². The summed E-state index contributed by atoms with van der Waals surface area (Å²) in [5.74, 6) is -0.139. The van der Waals surface area contributed by atoms with Crippen molar-refractivity contribution in [3.8, 4) is 5.69 Å². The van der Waals surface area contributed by atoms with E-state index in [0.29, 0.717) is 11.3 Å². The molecule has 5 heteroatoms. The number of nitrogen functional groups attached to an aromatic ring is 1. The third-order valence-electron chi connectivity index (χ3n) is 2.25. The lowest BCUT2D eigenvalue weighted by molar-refractivity contribution is 0.627. The standard InChI is InChI=1S/C11H10FN3O.C2H6/c1-7-6-15(11(16)14-10(7)13)9-4-2-8(12)3-5-9;1-2/h2-6H,1H3,(H2,13,14,16);1-2H3. The molecule has 0 saturated carbocycles. The van der Waals surface area contributed by atoms with Gasteiger partial charge in [-0.1, -0.05) is 13.8 Å². The molecule has 0 aliphatic carbocycles. The summed E-state index contributed by atoms with van der Waals surface area (Å²) in [5, 5.41) is 0. The van der Waals surface area contributed by atoms with E-state index in [1.165, 1.54) is 28.8 Å². The van der Waals surface area contributed by atoms with Crippen LogP contribution in [-0.4, -0.2) is 9.55 Å². The fourth-order valence-electron chi connectivity index (χ4n) is 1.35. The van der Waals surface area contributed by atoms with E-state index < -0.39 is 5.69 Å². The highest BCUT2D eigenvalue weighted by molar-refractivity contribution is 5.39. The maximum atomic E-state index is 12.7. The van der Waals surface area contributed by atoms with E-state index in [1.54, 1.807) is 13.1 Å². The molecule has 2 aromatic rings. The van der Waals surface area contributed by atoms with Gasteiger partial charge in [-0.3, -0.25) is 4.57 Å². The predicted octanol–water partition coefficient (Wildman–Crippen LogP) is 2.29. The van der Waals surface area contributed by atoms with Crippen molar-refractivity contribution in [2.24, 2.45) is 0 Å². The lowest BCUT2D eigenvalue weighted by Crippen LogP contribution is -2.22. The van der Waals surface area contributed by atoms with Crippen LogP contribution in [0.5, 0.6) is 0 Å². The van der Waals surface area contributed by atoms with Gasteiger partial charge in [-0.25, -0.2) is 9.18 Å². The Balaban J connectivity index is 0.000000771. The fourth-order valence-corrected chi connectivity index (χ4v) is 1.35. The molecule has 4 nitrogen and oxygen atoms in total. The van der Waals surface area contributed by atoms with Crippen molar-refractivity contribution < 1.29 is 4.39 Å². The molecule has 96 valence electrons. The van der Waals surface area contributed by atoms with Crippen LogP contribution in [0.25, 0.3) is 5.69 Å². The SMILES string of the molecule is CC.Cc1cn(-c2ccc(F)cc2)c(=O)nc1N. The van der Waals surface area contributed by atoms with Gasteiger partial charge in [-0.05, 0) is 31.2 Å². The Hall–Kier alpha value is -2.17. The van der Waals surface area contributed by atoms with Gasteiger partial charge in [0.05, 0.1) is 5.69 Å². The zero-order valence-electron chi connectivity index (χ0n) is 10.6. The van der Waals surface area contributed by atoms with Crippen molar-refractivity contribution in [3.63, 3.8) is 0 Å². The molecule has 2 N–H and O–H groups in total. The first-order valence-corrected chi connectivity index (χ1v) is 5.69. The van der Waals surface area contributed by atoms with E-state index in [0.717, 1.165) is 0 Å². The van der Waals surface area contributed by atoms with Gasteiger partial charge in [0.25, 0.3) is 0 Å². The minimum absolute atomic E-state index is 0.211.